The van der Waals surface area contributed by atoms with Gasteiger partial charge >= 0.3 is 0 Å². The van der Waals surface area contributed by atoms with E-state index in [1.54, 1.807) is 23.5 Å². The molecule has 0 aliphatic rings. The molecule has 7 heteroatoms. The minimum absolute atomic E-state index is 0.189. The Balaban J connectivity index is 2.08. The third-order valence-electron chi connectivity index (χ3n) is 4.10. The highest BCUT2D eigenvalue weighted by Crippen LogP contribution is 2.25. The molecule has 0 fully saturated rings. The van der Waals surface area contributed by atoms with Crippen LogP contribution in [0.5, 0.6) is 5.75 Å². The number of hydrogen-bond acceptors (Lipinski definition) is 5. The lowest BCUT2D eigenvalue weighted by Gasteiger charge is -2.06. The molecule has 0 unspecified atom stereocenters. The fourth-order valence-electron chi connectivity index (χ4n) is 2.87. The van der Waals surface area contributed by atoms with E-state index in [0.29, 0.717) is 12.2 Å². The quantitative estimate of drug-likeness (QED) is 0.452. The number of carbonyl (C=O) groups is 1. The molecule has 3 aromatic rings. The van der Waals surface area contributed by atoms with Crippen LogP contribution in [0.25, 0.3) is 10.2 Å². The number of aryl methyl sites for hydroxylation is 1. The number of ether oxygens (including phenoxy) is 1. The number of hydrogen-bond donors (Lipinski definition) is 0. The monoisotopic (exact) mass is 432 g/mol. The van der Waals surface area contributed by atoms with E-state index in [0.717, 1.165) is 43.7 Å². The number of amides is 1. The van der Waals surface area contributed by atoms with Gasteiger partial charge in [-0.25, -0.2) is 0 Å². The van der Waals surface area contributed by atoms with Crippen LogP contribution in [0.2, 0.25) is 0 Å². The van der Waals surface area contributed by atoms with Crippen molar-refractivity contribution in [3.05, 3.63) is 52.8 Å². The molecule has 3 rings (SSSR count). The molecule has 0 atom stereocenters. The number of aromatic nitrogens is 1. The average Bonchev–Trinajstić information content (AvgIpc) is 3.03. The van der Waals surface area contributed by atoms with Crippen molar-refractivity contribution in [2.75, 3.05) is 24.4 Å². The lowest BCUT2D eigenvalue weighted by Crippen LogP contribution is -2.18. The zero-order valence-corrected chi connectivity index (χ0v) is 18.8. The van der Waals surface area contributed by atoms with Crippen LogP contribution in [0, 0.1) is 0 Å². The first-order chi connectivity index (χ1) is 13.7. The summed E-state index contributed by atoms with van der Waals surface area (Å²) in [7, 11) is 0. The van der Waals surface area contributed by atoms with E-state index in [9.17, 15) is 4.79 Å². The van der Waals surface area contributed by atoms with Crippen LogP contribution in [-0.2, 0) is 6.54 Å². The maximum absolute atomic E-state index is 13.0. The number of thioether (sulfide) groups is 2. The zero-order chi connectivity index (χ0) is 19.9. The standard InChI is InChI=1S/C21H24N2O2S3/c1-4-25-15-10-11-17-19(14-15)28-21(23(17)12-13-26-3)22-20(24)16-8-6-7-9-18(16)27-5-2/h6-11,14H,4-5,12-13H2,1-3H3. The third kappa shape index (κ3) is 4.82. The molecule has 0 saturated carbocycles. The summed E-state index contributed by atoms with van der Waals surface area (Å²) >= 11 is 4.99. The zero-order valence-electron chi connectivity index (χ0n) is 16.3. The summed E-state index contributed by atoms with van der Waals surface area (Å²) in [5.41, 5.74) is 1.75. The van der Waals surface area contributed by atoms with Gasteiger partial charge in [-0.1, -0.05) is 30.4 Å². The van der Waals surface area contributed by atoms with Crippen LogP contribution in [0.1, 0.15) is 24.2 Å². The second-order valence-corrected chi connectivity index (χ2v) is 9.24. The van der Waals surface area contributed by atoms with Crippen LogP contribution in [0.15, 0.2) is 52.4 Å². The van der Waals surface area contributed by atoms with Gasteiger partial charge in [-0.2, -0.15) is 16.8 Å². The highest BCUT2D eigenvalue weighted by Gasteiger charge is 2.13. The summed E-state index contributed by atoms with van der Waals surface area (Å²) in [5, 5.41) is 0. The van der Waals surface area contributed by atoms with Gasteiger partial charge in [-0.05, 0) is 49.3 Å². The first-order valence-corrected chi connectivity index (χ1v) is 12.4. The highest BCUT2D eigenvalue weighted by atomic mass is 32.2. The average molecular weight is 433 g/mol. The molecule has 0 spiro atoms. The highest BCUT2D eigenvalue weighted by molar-refractivity contribution is 7.99. The molecule has 0 radical (unpaired) electrons. The van der Waals surface area contributed by atoms with Gasteiger partial charge in [0.05, 0.1) is 22.4 Å². The van der Waals surface area contributed by atoms with Crippen LogP contribution >= 0.6 is 34.9 Å². The Morgan fingerprint density at radius 2 is 2.04 bits per heavy atom. The summed E-state index contributed by atoms with van der Waals surface area (Å²) in [4.78, 5) is 19.2. The number of thiazole rings is 1. The molecule has 0 aliphatic heterocycles. The molecule has 4 nitrogen and oxygen atoms in total. The molecule has 0 bridgehead atoms. The fraction of sp³-hybridized carbons (Fsp3) is 0.333. The summed E-state index contributed by atoms with van der Waals surface area (Å²) in [5.74, 6) is 2.53. The number of rotatable bonds is 8. The van der Waals surface area contributed by atoms with Gasteiger partial charge in [-0.15, -0.1) is 11.8 Å². The molecule has 0 N–H and O–H groups in total. The Hall–Kier alpha value is -1.70. The summed E-state index contributed by atoms with van der Waals surface area (Å²) in [6.45, 7) is 5.50. The number of fused-ring (bicyclic) bond motifs is 1. The Kier molecular flexibility index (Phi) is 7.65. The second-order valence-electron chi connectivity index (χ2n) is 5.94. The topological polar surface area (TPSA) is 43.6 Å². The molecule has 148 valence electrons. The second kappa shape index (κ2) is 10.2. The molecular weight excluding hydrogens is 408 g/mol. The van der Waals surface area contributed by atoms with Gasteiger partial charge in [0.25, 0.3) is 5.91 Å². The van der Waals surface area contributed by atoms with Gasteiger partial charge in [0.1, 0.15) is 5.75 Å². The van der Waals surface area contributed by atoms with E-state index < -0.39 is 0 Å². The molecule has 1 aromatic heterocycles. The molecular formula is C21H24N2O2S3. The smallest absolute Gasteiger partial charge is 0.280 e. The lowest BCUT2D eigenvalue weighted by atomic mass is 10.2. The van der Waals surface area contributed by atoms with Gasteiger partial charge in [0, 0.05) is 17.2 Å². The Labute approximate surface area is 178 Å². The van der Waals surface area contributed by atoms with Crippen LogP contribution in [0.4, 0.5) is 0 Å². The normalized spacial score (nSPS) is 11.9. The minimum atomic E-state index is -0.189. The first-order valence-electron chi connectivity index (χ1n) is 9.24. The van der Waals surface area contributed by atoms with Crippen molar-refractivity contribution in [3.8, 4) is 5.75 Å². The number of carbonyl (C=O) groups excluding carboxylic acids is 1. The summed E-state index contributed by atoms with van der Waals surface area (Å²) < 4.78 is 8.85. The van der Waals surface area contributed by atoms with Crippen molar-refractivity contribution in [1.29, 1.82) is 0 Å². The van der Waals surface area contributed by atoms with Crippen LogP contribution in [-0.4, -0.2) is 34.8 Å². The van der Waals surface area contributed by atoms with Crippen LogP contribution in [0.3, 0.4) is 0 Å². The molecule has 0 saturated heterocycles. The SMILES string of the molecule is CCOc1ccc2c(c1)sc(=NC(=O)c1ccccc1SCC)n2CCSC. The molecule has 0 aliphatic carbocycles. The van der Waals surface area contributed by atoms with Gasteiger partial charge in [0.15, 0.2) is 4.80 Å². The van der Waals surface area contributed by atoms with Crippen molar-refractivity contribution in [1.82, 2.24) is 4.57 Å². The largest absolute Gasteiger partial charge is 0.494 e. The Bertz CT molecular complexity index is 1020. The van der Waals surface area contributed by atoms with Gasteiger partial charge in [-0.3, -0.25) is 4.79 Å². The number of nitrogens with zero attached hydrogens (tertiary/aromatic N) is 2. The van der Waals surface area contributed by atoms with E-state index >= 15 is 0 Å². The van der Waals surface area contributed by atoms with Gasteiger partial charge in [0.2, 0.25) is 0 Å². The van der Waals surface area contributed by atoms with E-state index in [-0.39, 0.29) is 5.91 Å². The van der Waals surface area contributed by atoms with E-state index in [1.807, 2.05) is 43.3 Å². The predicted molar refractivity (Wildman–Crippen MR) is 122 cm³/mol. The third-order valence-corrected chi connectivity index (χ3v) is 6.69. The molecule has 2 aromatic carbocycles. The number of benzene rings is 2. The van der Waals surface area contributed by atoms with Gasteiger partial charge < -0.3 is 9.30 Å². The van der Waals surface area contributed by atoms with Crippen molar-refractivity contribution < 1.29 is 9.53 Å². The summed E-state index contributed by atoms with van der Waals surface area (Å²) in [6, 6.07) is 13.8. The van der Waals surface area contributed by atoms with Crippen molar-refractivity contribution >= 4 is 51.0 Å². The predicted octanol–water partition coefficient (Wildman–Crippen LogP) is 5.32. The van der Waals surface area contributed by atoms with Crippen molar-refractivity contribution in [2.45, 2.75) is 25.3 Å². The fourth-order valence-corrected chi connectivity index (χ4v) is 5.11. The molecule has 1 heterocycles. The Morgan fingerprint density at radius 1 is 1.21 bits per heavy atom. The maximum atomic E-state index is 13.0. The molecule has 28 heavy (non-hydrogen) atoms. The van der Waals surface area contributed by atoms with Crippen molar-refractivity contribution in [3.63, 3.8) is 0 Å². The lowest BCUT2D eigenvalue weighted by molar-refractivity contribution is 0.0995. The minimum Gasteiger partial charge on any atom is -0.494 e. The van der Waals surface area contributed by atoms with Crippen LogP contribution < -0.4 is 9.54 Å². The first kappa shape index (κ1) is 21.0. The van der Waals surface area contributed by atoms with Crippen molar-refractivity contribution in [2.24, 2.45) is 4.99 Å². The maximum Gasteiger partial charge on any atom is 0.280 e. The van der Waals surface area contributed by atoms with E-state index in [1.165, 1.54) is 11.3 Å². The molecule has 1 amide bonds. The van der Waals surface area contributed by atoms with E-state index in [4.69, 9.17) is 4.74 Å². The van der Waals surface area contributed by atoms with E-state index in [2.05, 4.69) is 28.8 Å². The Morgan fingerprint density at radius 3 is 2.79 bits per heavy atom. The summed E-state index contributed by atoms with van der Waals surface area (Å²) in [6.07, 6.45) is 2.09.